The Labute approximate surface area is 156 Å². The van der Waals surface area contributed by atoms with E-state index in [1.807, 2.05) is 36.4 Å². The number of amides is 1. The van der Waals surface area contributed by atoms with Crippen molar-refractivity contribution < 1.29 is 4.79 Å². The van der Waals surface area contributed by atoms with Crippen LogP contribution in [0.25, 0.3) is 0 Å². The molecule has 0 radical (unpaired) electrons. The van der Waals surface area contributed by atoms with Gasteiger partial charge >= 0.3 is 0 Å². The molecule has 1 saturated heterocycles. The Morgan fingerprint density at radius 2 is 1.73 bits per heavy atom. The molecule has 1 aliphatic rings. The van der Waals surface area contributed by atoms with E-state index < -0.39 is 6.04 Å². The van der Waals surface area contributed by atoms with Gasteiger partial charge in [0.1, 0.15) is 0 Å². The molecule has 3 N–H and O–H groups in total. The Hall–Kier alpha value is -2.17. The van der Waals surface area contributed by atoms with E-state index >= 15 is 0 Å². The monoisotopic (exact) mass is 351 g/mol. The van der Waals surface area contributed by atoms with E-state index in [0.717, 1.165) is 31.6 Å². The van der Waals surface area contributed by atoms with Crippen molar-refractivity contribution in [1.82, 2.24) is 10.2 Å². The average molecular weight is 351 g/mol. The second-order valence-corrected chi connectivity index (χ2v) is 7.36. The van der Waals surface area contributed by atoms with Crippen molar-refractivity contribution in [3.8, 4) is 0 Å². The van der Waals surface area contributed by atoms with Crippen molar-refractivity contribution in [2.75, 3.05) is 13.1 Å². The standard InChI is InChI=1S/C22H29N3O/c1-17(24-22(26)21(23)14-18-8-4-2-5-9-18)20-12-13-25(16-20)15-19-10-6-3-7-11-19/h2-11,17,20-21H,12-16,23H2,1H3,(H,24,26). The minimum atomic E-state index is -0.498. The lowest BCUT2D eigenvalue weighted by Gasteiger charge is -2.23. The third-order valence-electron chi connectivity index (χ3n) is 5.27. The first kappa shape index (κ1) is 18.6. The topological polar surface area (TPSA) is 58.4 Å². The summed E-state index contributed by atoms with van der Waals surface area (Å²) in [5.41, 5.74) is 8.54. The zero-order valence-electron chi connectivity index (χ0n) is 15.5. The molecule has 4 nitrogen and oxygen atoms in total. The van der Waals surface area contributed by atoms with E-state index in [1.165, 1.54) is 5.56 Å². The Kier molecular flexibility index (Phi) is 6.42. The van der Waals surface area contributed by atoms with Gasteiger partial charge in [-0.05, 0) is 43.4 Å². The second kappa shape index (κ2) is 8.97. The molecule has 4 heteroatoms. The van der Waals surface area contributed by atoms with Crippen molar-refractivity contribution >= 4 is 5.91 Å². The molecule has 0 bridgehead atoms. The maximum atomic E-state index is 12.4. The summed E-state index contributed by atoms with van der Waals surface area (Å²) in [4.78, 5) is 14.9. The lowest BCUT2D eigenvalue weighted by atomic mass is 9.99. The molecule has 2 aromatic carbocycles. The maximum Gasteiger partial charge on any atom is 0.237 e. The van der Waals surface area contributed by atoms with Crippen molar-refractivity contribution in [3.63, 3.8) is 0 Å². The van der Waals surface area contributed by atoms with E-state index in [4.69, 9.17) is 5.73 Å². The van der Waals surface area contributed by atoms with Crippen LogP contribution in [0.1, 0.15) is 24.5 Å². The van der Waals surface area contributed by atoms with Crippen LogP contribution < -0.4 is 11.1 Å². The quantitative estimate of drug-likeness (QED) is 0.806. The number of carbonyl (C=O) groups is 1. The van der Waals surface area contributed by atoms with Gasteiger partial charge in [-0.25, -0.2) is 0 Å². The first-order chi connectivity index (χ1) is 12.6. The van der Waals surface area contributed by atoms with E-state index in [9.17, 15) is 4.79 Å². The van der Waals surface area contributed by atoms with Crippen molar-refractivity contribution in [3.05, 3.63) is 71.8 Å². The highest BCUT2D eigenvalue weighted by Crippen LogP contribution is 2.21. The molecule has 0 aromatic heterocycles. The molecule has 3 rings (SSSR count). The zero-order chi connectivity index (χ0) is 18.4. The summed E-state index contributed by atoms with van der Waals surface area (Å²) in [5, 5.41) is 3.14. The van der Waals surface area contributed by atoms with E-state index in [2.05, 4.69) is 41.4 Å². The van der Waals surface area contributed by atoms with Crippen LogP contribution in [0, 0.1) is 5.92 Å². The van der Waals surface area contributed by atoms with Gasteiger partial charge in [0, 0.05) is 19.1 Å². The van der Waals surface area contributed by atoms with Crippen molar-refractivity contribution in [2.45, 2.75) is 38.4 Å². The number of nitrogens with two attached hydrogens (primary N) is 1. The largest absolute Gasteiger partial charge is 0.352 e. The van der Waals surface area contributed by atoms with Crippen molar-refractivity contribution in [2.24, 2.45) is 11.7 Å². The van der Waals surface area contributed by atoms with Crippen LogP contribution in [0.15, 0.2) is 60.7 Å². The van der Waals surface area contributed by atoms with Gasteiger partial charge in [-0.15, -0.1) is 0 Å². The number of hydrogen-bond donors (Lipinski definition) is 2. The highest BCUT2D eigenvalue weighted by molar-refractivity contribution is 5.82. The highest BCUT2D eigenvalue weighted by atomic mass is 16.2. The van der Waals surface area contributed by atoms with Gasteiger partial charge < -0.3 is 11.1 Å². The van der Waals surface area contributed by atoms with Gasteiger partial charge in [0.05, 0.1) is 6.04 Å². The first-order valence-corrected chi connectivity index (χ1v) is 9.48. The van der Waals surface area contributed by atoms with Gasteiger partial charge in [-0.3, -0.25) is 9.69 Å². The fourth-order valence-corrected chi connectivity index (χ4v) is 3.67. The van der Waals surface area contributed by atoms with Crippen LogP contribution >= 0.6 is 0 Å². The molecule has 3 unspecified atom stereocenters. The Morgan fingerprint density at radius 1 is 1.12 bits per heavy atom. The molecule has 138 valence electrons. The maximum absolute atomic E-state index is 12.4. The average Bonchev–Trinajstić information content (AvgIpc) is 3.12. The highest BCUT2D eigenvalue weighted by Gasteiger charge is 2.28. The Bertz CT molecular complexity index is 689. The van der Waals surface area contributed by atoms with Gasteiger partial charge in [-0.2, -0.15) is 0 Å². The summed E-state index contributed by atoms with van der Waals surface area (Å²) in [5.74, 6) is 0.425. The molecule has 1 fully saturated rings. The van der Waals surface area contributed by atoms with E-state index in [0.29, 0.717) is 12.3 Å². The minimum absolute atomic E-state index is 0.0529. The van der Waals surface area contributed by atoms with Gasteiger partial charge in [-0.1, -0.05) is 60.7 Å². The summed E-state index contributed by atoms with van der Waals surface area (Å²) in [6, 6.07) is 20.1. The SMILES string of the molecule is CC(NC(=O)C(N)Cc1ccccc1)C1CCN(Cc2ccccc2)C1. The third kappa shape index (κ3) is 5.16. The molecular weight excluding hydrogens is 322 g/mol. The number of nitrogens with one attached hydrogen (secondary N) is 1. The number of hydrogen-bond acceptors (Lipinski definition) is 3. The molecule has 2 aromatic rings. The number of likely N-dealkylation sites (tertiary alicyclic amines) is 1. The van der Waals surface area contributed by atoms with Crippen LogP contribution in [-0.2, 0) is 17.8 Å². The van der Waals surface area contributed by atoms with E-state index in [-0.39, 0.29) is 11.9 Å². The Morgan fingerprint density at radius 3 is 2.38 bits per heavy atom. The summed E-state index contributed by atoms with van der Waals surface area (Å²) in [6.07, 6.45) is 1.69. The molecule has 1 amide bonds. The molecular formula is C22H29N3O. The number of benzene rings is 2. The molecule has 1 aliphatic heterocycles. The fourth-order valence-electron chi connectivity index (χ4n) is 3.67. The van der Waals surface area contributed by atoms with Gasteiger partial charge in [0.25, 0.3) is 0 Å². The minimum Gasteiger partial charge on any atom is -0.352 e. The number of nitrogens with zero attached hydrogens (tertiary/aromatic N) is 1. The van der Waals surface area contributed by atoms with Crippen LogP contribution in [0.4, 0.5) is 0 Å². The smallest absolute Gasteiger partial charge is 0.237 e. The predicted octanol–water partition coefficient (Wildman–Crippen LogP) is 2.58. The third-order valence-corrected chi connectivity index (χ3v) is 5.27. The second-order valence-electron chi connectivity index (χ2n) is 7.36. The Balaban J connectivity index is 1.45. The first-order valence-electron chi connectivity index (χ1n) is 9.48. The molecule has 26 heavy (non-hydrogen) atoms. The van der Waals surface area contributed by atoms with E-state index in [1.54, 1.807) is 0 Å². The molecule has 3 atom stereocenters. The number of rotatable bonds is 7. The van der Waals surface area contributed by atoms with Crippen LogP contribution in [0.2, 0.25) is 0 Å². The molecule has 0 aliphatic carbocycles. The van der Waals surface area contributed by atoms with Crippen LogP contribution in [0.3, 0.4) is 0 Å². The van der Waals surface area contributed by atoms with Crippen LogP contribution in [0.5, 0.6) is 0 Å². The fraction of sp³-hybridized carbons (Fsp3) is 0.409. The molecule has 0 spiro atoms. The summed E-state index contributed by atoms with van der Waals surface area (Å²) < 4.78 is 0. The lowest BCUT2D eigenvalue weighted by molar-refractivity contribution is -0.123. The molecule has 0 saturated carbocycles. The van der Waals surface area contributed by atoms with Gasteiger partial charge in [0.15, 0.2) is 0 Å². The van der Waals surface area contributed by atoms with Crippen molar-refractivity contribution in [1.29, 1.82) is 0 Å². The predicted molar refractivity (Wildman–Crippen MR) is 106 cm³/mol. The van der Waals surface area contributed by atoms with Gasteiger partial charge in [0.2, 0.25) is 5.91 Å². The lowest BCUT2D eigenvalue weighted by Crippen LogP contribution is -2.48. The summed E-state index contributed by atoms with van der Waals surface area (Å²) in [6.45, 7) is 5.18. The summed E-state index contributed by atoms with van der Waals surface area (Å²) >= 11 is 0. The molecule has 1 heterocycles. The number of carbonyl (C=O) groups excluding carboxylic acids is 1. The van der Waals surface area contributed by atoms with Crippen LogP contribution in [-0.4, -0.2) is 36.0 Å². The normalized spacial score (nSPS) is 19.8. The summed E-state index contributed by atoms with van der Waals surface area (Å²) in [7, 11) is 0. The zero-order valence-corrected chi connectivity index (χ0v) is 15.5.